The minimum atomic E-state index is 0.556. The van der Waals surface area contributed by atoms with Crippen LogP contribution in [0.25, 0.3) is 0 Å². The van der Waals surface area contributed by atoms with Crippen molar-refractivity contribution in [3.63, 3.8) is 0 Å². The maximum Gasteiger partial charge on any atom is 0.160 e. The van der Waals surface area contributed by atoms with Crippen molar-refractivity contribution < 1.29 is 9.47 Å². The van der Waals surface area contributed by atoms with Crippen LogP contribution < -0.4 is 14.8 Å². The van der Waals surface area contributed by atoms with E-state index in [2.05, 4.69) is 29.3 Å². The van der Waals surface area contributed by atoms with E-state index in [9.17, 15) is 0 Å². The number of piperazine rings is 1. The van der Waals surface area contributed by atoms with Crippen molar-refractivity contribution in [2.24, 2.45) is 0 Å². The van der Waals surface area contributed by atoms with Gasteiger partial charge in [0.1, 0.15) is 0 Å². The van der Waals surface area contributed by atoms with E-state index in [0.29, 0.717) is 6.04 Å². The molecule has 1 unspecified atom stereocenters. The lowest BCUT2D eigenvalue weighted by molar-refractivity contribution is 0.183. The molecule has 1 saturated heterocycles. The molecule has 4 nitrogen and oxygen atoms in total. The molecule has 0 saturated carbocycles. The Labute approximate surface area is 115 Å². The first-order valence-corrected chi connectivity index (χ1v) is 6.90. The van der Waals surface area contributed by atoms with Gasteiger partial charge in [0.25, 0.3) is 0 Å². The van der Waals surface area contributed by atoms with E-state index in [0.717, 1.165) is 44.1 Å². The third-order valence-electron chi connectivity index (χ3n) is 3.75. The molecule has 4 heteroatoms. The van der Waals surface area contributed by atoms with Crippen LogP contribution in [0.3, 0.4) is 0 Å². The smallest absolute Gasteiger partial charge is 0.160 e. The molecule has 1 N–H and O–H groups in total. The molecular formula is C15H24N2O2. The van der Waals surface area contributed by atoms with E-state index in [1.807, 2.05) is 6.07 Å². The van der Waals surface area contributed by atoms with Crippen LogP contribution in [-0.4, -0.2) is 51.3 Å². The lowest BCUT2D eigenvalue weighted by Gasteiger charge is -2.33. The number of hydrogen-bond donors (Lipinski definition) is 1. The summed E-state index contributed by atoms with van der Waals surface area (Å²) < 4.78 is 10.6. The van der Waals surface area contributed by atoms with Gasteiger partial charge in [0.05, 0.1) is 14.2 Å². The SMILES string of the molecule is COc1ccc(CC(C)N2CCNCC2)cc1OC. The van der Waals surface area contributed by atoms with E-state index >= 15 is 0 Å². The number of rotatable bonds is 5. The number of nitrogens with zero attached hydrogens (tertiary/aromatic N) is 1. The zero-order valence-electron chi connectivity index (χ0n) is 12.1. The maximum absolute atomic E-state index is 5.36. The largest absolute Gasteiger partial charge is 0.493 e. The molecule has 1 fully saturated rings. The normalized spacial score (nSPS) is 18.1. The van der Waals surface area contributed by atoms with Gasteiger partial charge in [-0.3, -0.25) is 4.90 Å². The van der Waals surface area contributed by atoms with Crippen molar-refractivity contribution in [1.29, 1.82) is 0 Å². The first-order chi connectivity index (χ1) is 9.24. The molecule has 0 radical (unpaired) electrons. The zero-order valence-corrected chi connectivity index (χ0v) is 12.1. The summed E-state index contributed by atoms with van der Waals surface area (Å²) in [7, 11) is 3.35. The van der Waals surface area contributed by atoms with Crippen LogP contribution in [0, 0.1) is 0 Å². The lowest BCUT2D eigenvalue weighted by Crippen LogP contribution is -2.48. The minimum Gasteiger partial charge on any atom is -0.493 e. The summed E-state index contributed by atoms with van der Waals surface area (Å²) in [6.07, 6.45) is 1.04. The minimum absolute atomic E-state index is 0.556. The highest BCUT2D eigenvalue weighted by Crippen LogP contribution is 2.28. The molecule has 2 rings (SSSR count). The molecule has 0 aliphatic carbocycles. The quantitative estimate of drug-likeness (QED) is 0.874. The molecule has 0 spiro atoms. The Morgan fingerprint density at radius 1 is 1.16 bits per heavy atom. The second-order valence-electron chi connectivity index (χ2n) is 5.03. The molecule has 0 bridgehead atoms. The van der Waals surface area contributed by atoms with Crippen molar-refractivity contribution in [2.45, 2.75) is 19.4 Å². The molecule has 1 heterocycles. The van der Waals surface area contributed by atoms with E-state index in [1.54, 1.807) is 14.2 Å². The lowest BCUT2D eigenvalue weighted by atomic mass is 10.0. The third-order valence-corrected chi connectivity index (χ3v) is 3.75. The fraction of sp³-hybridized carbons (Fsp3) is 0.600. The summed E-state index contributed by atoms with van der Waals surface area (Å²) in [5.74, 6) is 1.61. The second kappa shape index (κ2) is 6.78. The summed E-state index contributed by atoms with van der Waals surface area (Å²) in [5.41, 5.74) is 1.30. The fourth-order valence-corrected chi connectivity index (χ4v) is 2.60. The molecule has 1 aliphatic rings. The Kier molecular flexibility index (Phi) is 5.05. The predicted molar refractivity (Wildman–Crippen MR) is 77.2 cm³/mol. The highest BCUT2D eigenvalue weighted by molar-refractivity contribution is 5.43. The van der Waals surface area contributed by atoms with Gasteiger partial charge >= 0.3 is 0 Å². The Bertz CT molecular complexity index is 403. The zero-order chi connectivity index (χ0) is 13.7. The summed E-state index contributed by atoms with van der Waals surface area (Å²) in [6.45, 7) is 6.75. The van der Waals surface area contributed by atoms with Gasteiger partial charge in [-0.1, -0.05) is 6.07 Å². The van der Waals surface area contributed by atoms with Gasteiger partial charge in [-0.2, -0.15) is 0 Å². The molecule has 19 heavy (non-hydrogen) atoms. The van der Waals surface area contributed by atoms with E-state index in [-0.39, 0.29) is 0 Å². The van der Waals surface area contributed by atoms with Crippen LogP contribution in [0.5, 0.6) is 11.5 Å². The number of methoxy groups -OCH3 is 2. The van der Waals surface area contributed by atoms with Gasteiger partial charge in [-0.25, -0.2) is 0 Å². The maximum atomic E-state index is 5.36. The Balaban J connectivity index is 2.01. The third kappa shape index (κ3) is 3.61. The first-order valence-electron chi connectivity index (χ1n) is 6.90. The standard InChI is InChI=1S/C15H24N2O2/c1-12(17-8-6-16-7-9-17)10-13-4-5-14(18-2)15(11-13)19-3/h4-5,11-12,16H,6-10H2,1-3H3. The summed E-state index contributed by atoms with van der Waals surface area (Å²) >= 11 is 0. The van der Waals surface area contributed by atoms with Crippen LogP contribution in [0.15, 0.2) is 18.2 Å². The van der Waals surface area contributed by atoms with Gasteiger partial charge in [0.2, 0.25) is 0 Å². The summed E-state index contributed by atoms with van der Waals surface area (Å²) in [5, 5.41) is 3.39. The first kappa shape index (κ1) is 14.2. The predicted octanol–water partition coefficient (Wildman–Crippen LogP) is 1.54. The summed E-state index contributed by atoms with van der Waals surface area (Å²) in [4.78, 5) is 2.53. The van der Waals surface area contributed by atoms with Crippen molar-refractivity contribution in [2.75, 3.05) is 40.4 Å². The van der Waals surface area contributed by atoms with Crippen molar-refractivity contribution in [3.05, 3.63) is 23.8 Å². The Morgan fingerprint density at radius 2 is 1.84 bits per heavy atom. The molecule has 0 aromatic heterocycles. The van der Waals surface area contributed by atoms with E-state index < -0.39 is 0 Å². The molecule has 106 valence electrons. The van der Waals surface area contributed by atoms with Crippen LogP contribution in [0.4, 0.5) is 0 Å². The summed E-state index contributed by atoms with van der Waals surface area (Å²) in [6, 6.07) is 6.75. The molecule has 0 amide bonds. The van der Waals surface area contributed by atoms with Crippen LogP contribution >= 0.6 is 0 Å². The van der Waals surface area contributed by atoms with Gasteiger partial charge in [-0.15, -0.1) is 0 Å². The van der Waals surface area contributed by atoms with E-state index in [1.165, 1.54) is 5.56 Å². The average molecular weight is 264 g/mol. The number of hydrogen-bond acceptors (Lipinski definition) is 4. The topological polar surface area (TPSA) is 33.7 Å². The number of ether oxygens (including phenoxy) is 2. The van der Waals surface area contributed by atoms with Crippen molar-refractivity contribution in [1.82, 2.24) is 10.2 Å². The highest BCUT2D eigenvalue weighted by Gasteiger charge is 2.17. The molecular weight excluding hydrogens is 240 g/mol. The van der Waals surface area contributed by atoms with Crippen LogP contribution in [0.1, 0.15) is 12.5 Å². The average Bonchev–Trinajstić information content (AvgIpc) is 2.48. The second-order valence-corrected chi connectivity index (χ2v) is 5.03. The van der Waals surface area contributed by atoms with E-state index in [4.69, 9.17) is 9.47 Å². The monoisotopic (exact) mass is 264 g/mol. The Morgan fingerprint density at radius 3 is 2.47 bits per heavy atom. The van der Waals surface area contributed by atoms with Gasteiger partial charge in [0, 0.05) is 32.2 Å². The molecule has 1 aromatic carbocycles. The Hall–Kier alpha value is -1.26. The van der Waals surface area contributed by atoms with Gasteiger partial charge < -0.3 is 14.8 Å². The van der Waals surface area contributed by atoms with Gasteiger partial charge in [0.15, 0.2) is 11.5 Å². The fourth-order valence-electron chi connectivity index (χ4n) is 2.60. The van der Waals surface area contributed by atoms with Crippen LogP contribution in [-0.2, 0) is 6.42 Å². The van der Waals surface area contributed by atoms with Gasteiger partial charge in [-0.05, 0) is 31.0 Å². The molecule has 1 atom stereocenters. The highest BCUT2D eigenvalue weighted by atomic mass is 16.5. The molecule has 1 aromatic rings. The molecule has 1 aliphatic heterocycles. The number of nitrogens with one attached hydrogen (secondary N) is 1. The van der Waals surface area contributed by atoms with Crippen molar-refractivity contribution >= 4 is 0 Å². The van der Waals surface area contributed by atoms with Crippen LogP contribution in [0.2, 0.25) is 0 Å². The number of benzene rings is 1. The van der Waals surface area contributed by atoms with Crippen molar-refractivity contribution in [3.8, 4) is 11.5 Å².